The van der Waals surface area contributed by atoms with Crippen LogP contribution in [0.25, 0.3) is 0 Å². The van der Waals surface area contributed by atoms with E-state index in [1.165, 1.54) is 6.92 Å². The number of carbonyl (C=O) groups excluding carboxylic acids is 2. The maximum absolute atomic E-state index is 11.2. The highest BCUT2D eigenvalue weighted by Crippen LogP contribution is 1.93. The number of amides is 1. The van der Waals surface area contributed by atoms with E-state index in [1.807, 2.05) is 13.1 Å². The van der Waals surface area contributed by atoms with Gasteiger partial charge in [-0.1, -0.05) is 0 Å². The Bertz CT molecular complexity index is 371. The minimum Gasteiger partial charge on any atom is -0.354 e. The maximum atomic E-state index is 11.2. The topological polar surface area (TPSA) is 64.0 Å². The van der Waals surface area contributed by atoms with Crippen LogP contribution in [-0.2, 0) is 16.1 Å². The molecule has 0 saturated heterocycles. The Morgan fingerprint density at radius 3 is 2.75 bits per heavy atom. The lowest BCUT2D eigenvalue weighted by Gasteiger charge is -2.04. The number of aromatic nitrogens is 2. The quantitative estimate of drug-likeness (QED) is 0.771. The van der Waals surface area contributed by atoms with Crippen LogP contribution in [0.5, 0.6) is 0 Å². The summed E-state index contributed by atoms with van der Waals surface area (Å²) < 4.78 is 1.78. The summed E-state index contributed by atoms with van der Waals surface area (Å²) in [5.41, 5.74) is 1.10. The highest BCUT2D eigenvalue weighted by atomic mass is 16.2. The molecule has 0 atom stereocenters. The van der Waals surface area contributed by atoms with E-state index in [9.17, 15) is 9.59 Å². The molecule has 1 heterocycles. The fraction of sp³-hybridized carbons (Fsp3) is 0.545. The smallest absolute Gasteiger partial charge is 0.220 e. The highest BCUT2D eigenvalue weighted by Gasteiger charge is 2.02. The lowest BCUT2D eigenvalue weighted by atomic mass is 10.2. The van der Waals surface area contributed by atoms with Crippen LogP contribution in [0.15, 0.2) is 12.4 Å². The number of aryl methyl sites for hydroxylation is 1. The van der Waals surface area contributed by atoms with Gasteiger partial charge in [0.25, 0.3) is 0 Å². The van der Waals surface area contributed by atoms with E-state index in [1.54, 1.807) is 10.9 Å². The van der Waals surface area contributed by atoms with Crippen LogP contribution < -0.4 is 5.32 Å². The van der Waals surface area contributed by atoms with Crippen molar-refractivity contribution in [3.8, 4) is 0 Å². The second-order valence-electron chi connectivity index (χ2n) is 3.83. The fourth-order valence-electron chi connectivity index (χ4n) is 1.28. The van der Waals surface area contributed by atoms with Gasteiger partial charge in [-0.05, 0) is 19.4 Å². The van der Waals surface area contributed by atoms with Crippen molar-refractivity contribution in [1.82, 2.24) is 15.1 Å². The minimum absolute atomic E-state index is 0.0397. The number of ketones is 1. The summed E-state index contributed by atoms with van der Waals surface area (Å²) in [5.74, 6) is -0.0445. The molecule has 1 aromatic heterocycles. The van der Waals surface area contributed by atoms with Crippen molar-refractivity contribution in [2.24, 2.45) is 0 Å². The Morgan fingerprint density at radius 2 is 2.19 bits per heavy atom. The van der Waals surface area contributed by atoms with E-state index in [0.29, 0.717) is 19.5 Å². The zero-order valence-electron chi connectivity index (χ0n) is 9.69. The van der Waals surface area contributed by atoms with Crippen LogP contribution in [0.4, 0.5) is 0 Å². The molecule has 0 bridgehead atoms. The number of Topliss-reactive ketones (excluding diaryl/α,β-unsaturated/α-hetero) is 1. The number of carbonyl (C=O) groups is 2. The van der Waals surface area contributed by atoms with Gasteiger partial charge in [0.15, 0.2) is 0 Å². The largest absolute Gasteiger partial charge is 0.354 e. The summed E-state index contributed by atoms with van der Waals surface area (Å²) in [6.07, 6.45) is 4.28. The molecule has 88 valence electrons. The molecule has 1 aromatic rings. The lowest BCUT2D eigenvalue weighted by Crippen LogP contribution is -2.27. The third-order valence-corrected chi connectivity index (χ3v) is 2.13. The monoisotopic (exact) mass is 223 g/mol. The molecule has 5 heteroatoms. The van der Waals surface area contributed by atoms with E-state index >= 15 is 0 Å². The molecule has 0 fully saturated rings. The van der Waals surface area contributed by atoms with E-state index in [-0.39, 0.29) is 18.1 Å². The Labute approximate surface area is 94.8 Å². The second-order valence-corrected chi connectivity index (χ2v) is 3.83. The van der Waals surface area contributed by atoms with Gasteiger partial charge in [0.1, 0.15) is 5.78 Å². The van der Waals surface area contributed by atoms with Crippen LogP contribution in [0, 0.1) is 6.92 Å². The van der Waals surface area contributed by atoms with Gasteiger partial charge in [0.05, 0.1) is 12.7 Å². The van der Waals surface area contributed by atoms with Crippen LogP contribution in [0.1, 0.15) is 25.3 Å². The lowest BCUT2D eigenvalue weighted by molar-refractivity contribution is -0.124. The van der Waals surface area contributed by atoms with Crippen molar-refractivity contribution in [2.75, 3.05) is 6.54 Å². The average Bonchev–Trinajstić information content (AvgIpc) is 2.61. The van der Waals surface area contributed by atoms with Gasteiger partial charge in [-0.2, -0.15) is 5.10 Å². The Morgan fingerprint density at radius 1 is 1.44 bits per heavy atom. The summed E-state index contributed by atoms with van der Waals surface area (Å²) in [6.45, 7) is 4.65. The van der Waals surface area contributed by atoms with Crippen molar-refractivity contribution in [3.05, 3.63) is 18.0 Å². The highest BCUT2D eigenvalue weighted by molar-refractivity contribution is 5.83. The van der Waals surface area contributed by atoms with E-state index in [4.69, 9.17) is 0 Å². The van der Waals surface area contributed by atoms with Crippen molar-refractivity contribution < 1.29 is 9.59 Å². The molecule has 0 saturated carbocycles. The maximum Gasteiger partial charge on any atom is 0.220 e. The Kier molecular flexibility index (Phi) is 4.69. The van der Waals surface area contributed by atoms with Gasteiger partial charge in [-0.15, -0.1) is 0 Å². The van der Waals surface area contributed by atoms with Gasteiger partial charge in [-0.25, -0.2) is 0 Å². The molecule has 16 heavy (non-hydrogen) atoms. The SMILES string of the molecule is CC(=O)CCC(=O)NCCn1cc(C)cn1. The average molecular weight is 223 g/mol. The number of hydrogen-bond acceptors (Lipinski definition) is 3. The van der Waals surface area contributed by atoms with Crippen LogP contribution in [0.3, 0.4) is 0 Å². The minimum atomic E-state index is -0.0842. The Hall–Kier alpha value is -1.65. The molecule has 0 aliphatic rings. The van der Waals surface area contributed by atoms with Gasteiger partial charge in [0, 0.05) is 25.6 Å². The molecule has 1 N–H and O–H groups in total. The van der Waals surface area contributed by atoms with Crippen LogP contribution >= 0.6 is 0 Å². The molecular weight excluding hydrogens is 206 g/mol. The van der Waals surface area contributed by atoms with Crippen LogP contribution in [-0.4, -0.2) is 28.0 Å². The first-order valence-electron chi connectivity index (χ1n) is 5.33. The summed E-state index contributed by atoms with van der Waals surface area (Å²) >= 11 is 0. The summed E-state index contributed by atoms with van der Waals surface area (Å²) in [4.78, 5) is 21.9. The predicted octanol–water partition coefficient (Wildman–Crippen LogP) is 0.677. The molecule has 0 spiro atoms. The van der Waals surface area contributed by atoms with Crippen molar-refractivity contribution in [1.29, 1.82) is 0 Å². The molecule has 0 unspecified atom stereocenters. The first kappa shape index (κ1) is 12.4. The standard InChI is InChI=1S/C11H17N3O2/c1-9-7-13-14(8-9)6-5-12-11(16)4-3-10(2)15/h7-8H,3-6H2,1-2H3,(H,12,16). The molecule has 0 aromatic carbocycles. The normalized spacial score (nSPS) is 10.1. The second kappa shape index (κ2) is 6.05. The first-order valence-corrected chi connectivity index (χ1v) is 5.33. The molecule has 0 radical (unpaired) electrons. The summed E-state index contributed by atoms with van der Waals surface area (Å²) in [6, 6.07) is 0. The molecule has 1 rings (SSSR count). The number of nitrogens with one attached hydrogen (secondary N) is 1. The molecular formula is C11H17N3O2. The number of nitrogens with zero attached hydrogens (tertiary/aromatic N) is 2. The summed E-state index contributed by atoms with van der Waals surface area (Å²) in [7, 11) is 0. The fourth-order valence-corrected chi connectivity index (χ4v) is 1.28. The number of hydrogen-bond donors (Lipinski definition) is 1. The molecule has 5 nitrogen and oxygen atoms in total. The van der Waals surface area contributed by atoms with Gasteiger partial charge >= 0.3 is 0 Å². The van der Waals surface area contributed by atoms with Crippen LogP contribution in [0.2, 0.25) is 0 Å². The predicted molar refractivity (Wildman–Crippen MR) is 59.9 cm³/mol. The first-order chi connectivity index (χ1) is 7.58. The number of rotatable bonds is 6. The third-order valence-electron chi connectivity index (χ3n) is 2.13. The third kappa shape index (κ3) is 4.72. The van der Waals surface area contributed by atoms with Gasteiger partial charge in [-0.3, -0.25) is 9.48 Å². The van der Waals surface area contributed by atoms with E-state index in [0.717, 1.165) is 5.56 Å². The molecule has 0 aliphatic carbocycles. The van der Waals surface area contributed by atoms with Crippen molar-refractivity contribution >= 4 is 11.7 Å². The zero-order chi connectivity index (χ0) is 12.0. The summed E-state index contributed by atoms with van der Waals surface area (Å²) in [5, 5.41) is 6.84. The zero-order valence-corrected chi connectivity index (χ0v) is 9.69. The molecule has 1 amide bonds. The van der Waals surface area contributed by atoms with Crippen molar-refractivity contribution in [3.63, 3.8) is 0 Å². The molecule has 0 aliphatic heterocycles. The van der Waals surface area contributed by atoms with Crippen molar-refractivity contribution in [2.45, 2.75) is 33.2 Å². The van der Waals surface area contributed by atoms with E-state index in [2.05, 4.69) is 10.4 Å². The van der Waals surface area contributed by atoms with E-state index < -0.39 is 0 Å². The van der Waals surface area contributed by atoms with Gasteiger partial charge < -0.3 is 10.1 Å². The Balaban J connectivity index is 2.15. The van der Waals surface area contributed by atoms with Gasteiger partial charge in [0.2, 0.25) is 5.91 Å².